The lowest BCUT2D eigenvalue weighted by molar-refractivity contribution is 0.481. The molecule has 5 heteroatoms. The number of aromatic hydroxyl groups is 1. The van der Waals surface area contributed by atoms with E-state index >= 15 is 0 Å². The number of rotatable bonds is 1. The van der Waals surface area contributed by atoms with E-state index in [1.807, 2.05) is 43.3 Å². The van der Waals surface area contributed by atoms with E-state index < -0.39 is 10.1 Å². The quantitative estimate of drug-likeness (QED) is 0.670. The normalized spacial score (nSPS) is 10.8. The zero-order valence-electron chi connectivity index (χ0n) is 12.0. The fourth-order valence-electron chi connectivity index (χ4n) is 1.92. The van der Waals surface area contributed by atoms with Crippen molar-refractivity contribution in [3.8, 4) is 5.75 Å². The highest BCUT2D eigenvalue weighted by Crippen LogP contribution is 2.22. The molecule has 0 atom stereocenters. The topological polar surface area (TPSA) is 74.6 Å². The largest absolute Gasteiger partial charge is 0.507 e. The van der Waals surface area contributed by atoms with Crippen LogP contribution in [0.5, 0.6) is 5.75 Å². The second kappa shape index (κ2) is 6.60. The van der Waals surface area contributed by atoms with E-state index in [1.165, 1.54) is 12.1 Å². The number of fused-ring (bicyclic) bond motifs is 1. The molecule has 0 spiro atoms. The highest BCUT2D eigenvalue weighted by Gasteiger charge is 2.06. The molecule has 0 aliphatic carbocycles. The molecule has 0 aromatic heterocycles. The van der Waals surface area contributed by atoms with Gasteiger partial charge >= 0.3 is 0 Å². The van der Waals surface area contributed by atoms with Crippen LogP contribution in [0.25, 0.3) is 10.8 Å². The van der Waals surface area contributed by atoms with Crippen LogP contribution in [0, 0.1) is 6.92 Å². The fraction of sp³-hybridized carbons (Fsp3) is 0.0588. The summed E-state index contributed by atoms with van der Waals surface area (Å²) in [5.74, 6) is 0.350. The van der Waals surface area contributed by atoms with Crippen molar-refractivity contribution in [2.24, 2.45) is 0 Å². The van der Waals surface area contributed by atoms with E-state index in [-0.39, 0.29) is 4.90 Å². The highest BCUT2D eigenvalue weighted by molar-refractivity contribution is 7.85. The van der Waals surface area contributed by atoms with Gasteiger partial charge < -0.3 is 5.11 Å². The second-order valence-electron chi connectivity index (χ2n) is 4.79. The van der Waals surface area contributed by atoms with Gasteiger partial charge in [-0.3, -0.25) is 4.55 Å². The lowest BCUT2D eigenvalue weighted by atomic mass is 10.1. The first-order chi connectivity index (χ1) is 10.4. The van der Waals surface area contributed by atoms with Crippen molar-refractivity contribution < 1.29 is 18.1 Å². The van der Waals surface area contributed by atoms with Gasteiger partial charge in [0, 0.05) is 5.39 Å². The molecule has 0 aliphatic heterocycles. The Kier molecular flexibility index (Phi) is 4.80. The Bertz CT molecular complexity index is 863. The number of aryl methyl sites for hydroxylation is 1. The van der Waals surface area contributed by atoms with Gasteiger partial charge in [0.1, 0.15) is 5.75 Å². The van der Waals surface area contributed by atoms with Gasteiger partial charge in [0.05, 0.1) is 4.90 Å². The summed E-state index contributed by atoms with van der Waals surface area (Å²) in [5.41, 5.74) is 0.956. The highest BCUT2D eigenvalue weighted by atomic mass is 32.2. The third-order valence-electron chi connectivity index (χ3n) is 3.09. The Morgan fingerprint density at radius 3 is 2.00 bits per heavy atom. The van der Waals surface area contributed by atoms with Crippen LogP contribution >= 0.6 is 0 Å². The molecule has 0 unspecified atom stereocenters. The molecule has 0 saturated heterocycles. The summed E-state index contributed by atoms with van der Waals surface area (Å²) in [6.07, 6.45) is 0. The van der Waals surface area contributed by atoms with Crippen LogP contribution in [0.3, 0.4) is 0 Å². The maximum absolute atomic E-state index is 10.5. The first-order valence-corrected chi connectivity index (χ1v) is 8.03. The van der Waals surface area contributed by atoms with E-state index in [1.54, 1.807) is 18.2 Å². The molecule has 0 aliphatic rings. The predicted octanol–water partition coefficient (Wildman–Crippen LogP) is 3.79. The van der Waals surface area contributed by atoms with Crippen LogP contribution in [0.15, 0.2) is 71.6 Å². The third-order valence-corrected chi connectivity index (χ3v) is 3.95. The van der Waals surface area contributed by atoms with Crippen molar-refractivity contribution in [3.63, 3.8) is 0 Å². The number of hydrogen-bond acceptors (Lipinski definition) is 3. The molecule has 2 N–H and O–H groups in total. The summed E-state index contributed by atoms with van der Waals surface area (Å²) in [5, 5.41) is 11.4. The molecule has 22 heavy (non-hydrogen) atoms. The molecule has 0 radical (unpaired) electrons. The first-order valence-electron chi connectivity index (χ1n) is 6.59. The monoisotopic (exact) mass is 316 g/mol. The maximum atomic E-state index is 10.5. The molecule has 3 aromatic carbocycles. The molecule has 3 rings (SSSR count). The summed E-state index contributed by atoms with van der Waals surface area (Å²) in [4.78, 5) is -0.0666. The Morgan fingerprint density at radius 2 is 1.41 bits per heavy atom. The van der Waals surface area contributed by atoms with E-state index in [0.29, 0.717) is 5.75 Å². The standard InChI is InChI=1S/C10H8O.C7H8O3S/c11-10-7-3-5-8-4-1-2-6-9(8)10;1-6-2-4-7(5-3-6)11(8,9)10/h1-7,11H;2-5H,1H3,(H,8,9,10). The van der Waals surface area contributed by atoms with Crippen LogP contribution in [-0.4, -0.2) is 18.1 Å². The molecule has 4 nitrogen and oxygen atoms in total. The Balaban J connectivity index is 0.000000160. The predicted molar refractivity (Wildman–Crippen MR) is 86.6 cm³/mol. The van der Waals surface area contributed by atoms with E-state index in [0.717, 1.165) is 16.3 Å². The smallest absolute Gasteiger partial charge is 0.294 e. The summed E-state index contributed by atoms with van der Waals surface area (Å²) in [7, 11) is -4.02. The molecular weight excluding hydrogens is 300 g/mol. The van der Waals surface area contributed by atoms with Gasteiger partial charge in [-0.25, -0.2) is 0 Å². The van der Waals surface area contributed by atoms with Gasteiger partial charge in [0.15, 0.2) is 0 Å². The van der Waals surface area contributed by atoms with Crippen molar-refractivity contribution in [1.82, 2.24) is 0 Å². The maximum Gasteiger partial charge on any atom is 0.294 e. The summed E-state index contributed by atoms with van der Waals surface area (Å²) in [6.45, 7) is 1.84. The second-order valence-corrected chi connectivity index (χ2v) is 6.21. The van der Waals surface area contributed by atoms with Gasteiger partial charge in [-0.15, -0.1) is 0 Å². The van der Waals surface area contributed by atoms with E-state index in [4.69, 9.17) is 4.55 Å². The van der Waals surface area contributed by atoms with Crippen LogP contribution < -0.4 is 0 Å². The lowest BCUT2D eigenvalue weighted by Crippen LogP contribution is -1.96. The van der Waals surface area contributed by atoms with Gasteiger partial charge in [-0.1, -0.05) is 54.1 Å². The fourth-order valence-corrected chi connectivity index (χ4v) is 2.40. The summed E-state index contributed by atoms with van der Waals surface area (Å²) in [6, 6.07) is 19.3. The third kappa shape index (κ3) is 4.07. The minimum Gasteiger partial charge on any atom is -0.507 e. The number of hydrogen-bond donors (Lipinski definition) is 2. The number of phenols is 1. The zero-order chi connectivity index (χ0) is 16.2. The molecule has 0 amide bonds. The van der Waals surface area contributed by atoms with Crippen molar-refractivity contribution in [1.29, 1.82) is 0 Å². The van der Waals surface area contributed by atoms with Crippen LogP contribution in [0.4, 0.5) is 0 Å². The van der Waals surface area contributed by atoms with Crippen LogP contribution in [0.1, 0.15) is 5.56 Å². The Morgan fingerprint density at radius 1 is 0.818 bits per heavy atom. The zero-order valence-corrected chi connectivity index (χ0v) is 12.8. The van der Waals surface area contributed by atoms with Crippen molar-refractivity contribution >= 4 is 20.9 Å². The summed E-state index contributed by atoms with van der Waals surface area (Å²) >= 11 is 0. The van der Waals surface area contributed by atoms with Crippen molar-refractivity contribution in [2.75, 3.05) is 0 Å². The molecule has 3 aromatic rings. The average Bonchev–Trinajstić information content (AvgIpc) is 2.48. The van der Waals surface area contributed by atoms with E-state index in [2.05, 4.69) is 0 Å². The number of phenolic OH excluding ortho intramolecular Hbond substituents is 1. The van der Waals surface area contributed by atoms with Gasteiger partial charge in [-0.2, -0.15) is 8.42 Å². The SMILES string of the molecule is Cc1ccc(S(=O)(=O)O)cc1.Oc1cccc2ccccc12. The van der Waals surface area contributed by atoms with E-state index in [9.17, 15) is 13.5 Å². The minimum atomic E-state index is -4.02. The Labute approximate surface area is 129 Å². The first kappa shape index (κ1) is 16.0. The molecule has 0 heterocycles. The minimum absolute atomic E-state index is 0.0666. The molecule has 0 fully saturated rings. The molecule has 114 valence electrons. The van der Waals surface area contributed by atoms with Gasteiger partial charge in [0.25, 0.3) is 10.1 Å². The lowest BCUT2D eigenvalue weighted by Gasteiger charge is -1.97. The van der Waals surface area contributed by atoms with Gasteiger partial charge in [-0.05, 0) is 30.5 Å². The molecule has 0 saturated carbocycles. The average molecular weight is 316 g/mol. The molecular formula is C17H16O4S. The van der Waals surface area contributed by atoms with Crippen molar-refractivity contribution in [3.05, 3.63) is 72.3 Å². The van der Waals surface area contributed by atoms with Crippen molar-refractivity contribution in [2.45, 2.75) is 11.8 Å². The van der Waals surface area contributed by atoms with Crippen LogP contribution in [0.2, 0.25) is 0 Å². The summed E-state index contributed by atoms with van der Waals surface area (Å²) < 4.78 is 29.6. The Hall–Kier alpha value is -2.37. The van der Waals surface area contributed by atoms with Crippen LogP contribution in [-0.2, 0) is 10.1 Å². The molecule has 0 bridgehead atoms. The number of benzene rings is 3. The van der Waals surface area contributed by atoms with Gasteiger partial charge in [0.2, 0.25) is 0 Å².